The van der Waals surface area contributed by atoms with Crippen molar-refractivity contribution in [2.45, 2.75) is 192 Å². The van der Waals surface area contributed by atoms with Gasteiger partial charge >= 0.3 is 0 Å². The maximum absolute atomic E-state index is 15.2. The molecule has 6 aliphatic carbocycles. The van der Waals surface area contributed by atoms with Crippen molar-refractivity contribution in [1.82, 2.24) is 0 Å². The normalized spacial score (nSPS) is 32.2. The molecule has 5 heteroatoms. The zero-order valence-electron chi connectivity index (χ0n) is 40.3. The minimum atomic E-state index is -0.786. The van der Waals surface area contributed by atoms with Crippen LogP contribution in [0.3, 0.4) is 0 Å². The van der Waals surface area contributed by atoms with Crippen LogP contribution in [-0.4, -0.2) is 13.2 Å². The lowest BCUT2D eigenvalue weighted by atomic mass is 9.46. The molecule has 0 spiro atoms. The minimum Gasteiger partial charge on any atom is -0.380 e. The number of halogens is 4. The summed E-state index contributed by atoms with van der Waals surface area (Å²) in [4.78, 5) is 0. The second kappa shape index (κ2) is 22.0. The molecule has 0 amide bonds. The van der Waals surface area contributed by atoms with Gasteiger partial charge in [-0.2, -0.15) is 0 Å². The van der Waals surface area contributed by atoms with Crippen LogP contribution in [0, 0.1) is 69.6 Å². The van der Waals surface area contributed by atoms with Crippen molar-refractivity contribution < 1.29 is 22.3 Å². The smallest absolute Gasteiger partial charge is 0.159 e. The van der Waals surface area contributed by atoms with E-state index in [1.807, 2.05) is 12.1 Å². The summed E-state index contributed by atoms with van der Waals surface area (Å²) < 4.78 is 66.2. The first-order valence-corrected chi connectivity index (χ1v) is 26.9. The molecule has 2 aromatic carbocycles. The molecule has 0 N–H and O–H groups in total. The Kier molecular flexibility index (Phi) is 16.4. The summed E-state index contributed by atoms with van der Waals surface area (Å²) in [6.45, 7) is 5.64. The molecule has 4 fully saturated rings. The van der Waals surface area contributed by atoms with Gasteiger partial charge in [-0.3, -0.25) is 0 Å². The third-order valence-corrected chi connectivity index (χ3v) is 18.7. The van der Waals surface area contributed by atoms with Crippen LogP contribution in [0.5, 0.6) is 0 Å². The van der Waals surface area contributed by atoms with E-state index >= 15 is 8.78 Å². The van der Waals surface area contributed by atoms with Gasteiger partial charge < -0.3 is 4.74 Å². The SMILES string of the molecule is CCCCC[C@H]1CC[C@H](C2([C@]3(c4ccc(F)c(F)c4)C=C[C@H](COC[C@H]4C=C[C@@](c5ccc(F)c(F)c5)(C5([C@H]6CC[C@H](CCCCC)CC6)CCCCC5)C=C4)C=C3)CCCCC2)CC1. The fourth-order valence-electron chi connectivity index (χ4n) is 15.1. The zero-order chi connectivity index (χ0) is 45.3. The van der Waals surface area contributed by atoms with E-state index in [0.29, 0.717) is 25.0 Å². The Bertz CT molecular complexity index is 1780. The van der Waals surface area contributed by atoms with Crippen molar-refractivity contribution in [2.24, 2.45) is 46.3 Å². The Labute approximate surface area is 391 Å². The summed E-state index contributed by atoms with van der Waals surface area (Å²) in [6.07, 6.45) is 50.9. The molecular weight excluding hydrogens is 813 g/mol. The largest absolute Gasteiger partial charge is 0.380 e. The fraction of sp³-hybridized carbons (Fsp3) is 0.667. The van der Waals surface area contributed by atoms with E-state index in [-0.39, 0.29) is 22.7 Å². The van der Waals surface area contributed by atoms with Crippen LogP contribution >= 0.6 is 0 Å². The highest BCUT2D eigenvalue weighted by molar-refractivity contribution is 5.46. The number of unbranched alkanes of at least 4 members (excludes halogenated alkanes) is 4. The van der Waals surface area contributed by atoms with Gasteiger partial charge in [0.15, 0.2) is 23.3 Å². The molecular formula is C60H82F4O. The van der Waals surface area contributed by atoms with Gasteiger partial charge in [0.1, 0.15) is 0 Å². The average molecular weight is 895 g/mol. The summed E-state index contributed by atoms with van der Waals surface area (Å²) in [5, 5.41) is 0. The van der Waals surface area contributed by atoms with E-state index in [9.17, 15) is 8.78 Å². The lowest BCUT2D eigenvalue weighted by molar-refractivity contribution is 0.00995. The Morgan fingerprint density at radius 3 is 1.17 bits per heavy atom. The molecule has 0 heterocycles. The van der Waals surface area contributed by atoms with E-state index in [1.54, 1.807) is 0 Å². The van der Waals surface area contributed by atoms with Gasteiger partial charge in [-0.25, -0.2) is 17.6 Å². The van der Waals surface area contributed by atoms with Crippen LogP contribution in [0.15, 0.2) is 85.0 Å². The van der Waals surface area contributed by atoms with Gasteiger partial charge in [0, 0.05) is 22.7 Å². The van der Waals surface area contributed by atoms with Crippen molar-refractivity contribution in [2.75, 3.05) is 13.2 Å². The number of rotatable bonds is 18. The lowest BCUT2D eigenvalue weighted by Gasteiger charge is -2.57. The van der Waals surface area contributed by atoms with Crippen LogP contribution in [-0.2, 0) is 15.6 Å². The van der Waals surface area contributed by atoms with Crippen LogP contribution in [0.4, 0.5) is 17.6 Å². The number of benzene rings is 2. The lowest BCUT2D eigenvalue weighted by Crippen LogP contribution is -2.51. The van der Waals surface area contributed by atoms with Gasteiger partial charge in [-0.1, -0.05) is 190 Å². The van der Waals surface area contributed by atoms with E-state index in [1.165, 1.54) is 166 Å². The second-order valence-corrected chi connectivity index (χ2v) is 22.2. The summed E-state index contributed by atoms with van der Waals surface area (Å²) in [7, 11) is 0. The van der Waals surface area contributed by atoms with Crippen molar-refractivity contribution in [1.29, 1.82) is 0 Å². The predicted molar refractivity (Wildman–Crippen MR) is 261 cm³/mol. The molecule has 0 unspecified atom stereocenters. The molecule has 65 heavy (non-hydrogen) atoms. The maximum Gasteiger partial charge on any atom is 0.159 e. The van der Waals surface area contributed by atoms with Gasteiger partial charge in [0.2, 0.25) is 0 Å². The topological polar surface area (TPSA) is 9.23 Å². The second-order valence-electron chi connectivity index (χ2n) is 22.2. The van der Waals surface area contributed by atoms with Gasteiger partial charge in [-0.15, -0.1) is 0 Å². The Hall–Kier alpha value is -2.92. The standard InChI is InChI=1S/C60H82F4O/c1-3-5-9-15-45-17-21-49(22-18-45)57(33-11-7-12-34-57)59(51-25-27-53(61)55(63)41-51)37-29-47(30-38-59)43-65-44-48-31-39-60(40-32-48,52-26-28-54(62)56(64)42-52)58(35-13-8-14-36-58)50-23-19-46(20-24-50)16-10-6-4-2/h25-32,37-42,45-50H,3-24,33-36,43-44H2,1-2H3/t45-,46-,47-,48-,49-,50-,59+,60+. The quantitative estimate of drug-likeness (QED) is 0.0823. The molecule has 0 aromatic heterocycles. The molecule has 356 valence electrons. The van der Waals surface area contributed by atoms with Gasteiger partial charge in [0.25, 0.3) is 0 Å². The van der Waals surface area contributed by atoms with Gasteiger partial charge in [0.05, 0.1) is 13.2 Å². The maximum atomic E-state index is 15.2. The third-order valence-electron chi connectivity index (χ3n) is 18.7. The number of hydrogen-bond donors (Lipinski definition) is 0. The highest BCUT2D eigenvalue weighted by Crippen LogP contribution is 2.63. The molecule has 2 aromatic rings. The van der Waals surface area contributed by atoms with Crippen LogP contribution in [0.1, 0.15) is 192 Å². The highest BCUT2D eigenvalue weighted by Gasteiger charge is 2.56. The van der Waals surface area contributed by atoms with E-state index < -0.39 is 34.1 Å². The molecule has 0 aliphatic heterocycles. The first-order valence-electron chi connectivity index (χ1n) is 26.9. The van der Waals surface area contributed by atoms with Crippen molar-refractivity contribution >= 4 is 0 Å². The molecule has 4 saturated carbocycles. The molecule has 0 bridgehead atoms. The fourth-order valence-corrected chi connectivity index (χ4v) is 15.1. The first-order chi connectivity index (χ1) is 31.7. The van der Waals surface area contributed by atoms with E-state index in [2.05, 4.69) is 62.5 Å². The number of ether oxygens (including phenoxy) is 1. The van der Waals surface area contributed by atoms with Crippen molar-refractivity contribution in [3.8, 4) is 0 Å². The third kappa shape index (κ3) is 10.1. The van der Waals surface area contributed by atoms with Crippen LogP contribution in [0.2, 0.25) is 0 Å². The monoisotopic (exact) mass is 895 g/mol. The average Bonchev–Trinajstić information content (AvgIpc) is 3.35. The van der Waals surface area contributed by atoms with Crippen molar-refractivity contribution in [3.63, 3.8) is 0 Å². The Balaban J connectivity index is 0.988. The summed E-state index contributed by atoms with van der Waals surface area (Å²) >= 11 is 0. The molecule has 0 saturated heterocycles. The first kappa shape index (κ1) is 48.5. The molecule has 6 aliphatic rings. The van der Waals surface area contributed by atoms with Crippen LogP contribution in [0.25, 0.3) is 0 Å². The van der Waals surface area contributed by atoms with E-state index in [4.69, 9.17) is 4.74 Å². The Morgan fingerprint density at radius 2 is 0.831 bits per heavy atom. The van der Waals surface area contributed by atoms with Crippen LogP contribution < -0.4 is 0 Å². The molecule has 8 rings (SSSR count). The van der Waals surface area contributed by atoms with Gasteiger partial charge in [-0.05, 0) is 121 Å². The Morgan fingerprint density at radius 1 is 0.462 bits per heavy atom. The molecule has 0 atom stereocenters. The summed E-state index contributed by atoms with van der Waals surface area (Å²) in [6, 6.07) is 9.38. The summed E-state index contributed by atoms with van der Waals surface area (Å²) in [5.41, 5.74) is 0.689. The number of allylic oxidation sites excluding steroid dienone is 4. The van der Waals surface area contributed by atoms with E-state index in [0.717, 1.165) is 48.6 Å². The highest BCUT2D eigenvalue weighted by atomic mass is 19.2. The zero-order valence-corrected chi connectivity index (χ0v) is 40.3. The van der Waals surface area contributed by atoms with Crippen molar-refractivity contribution in [3.05, 3.63) is 119 Å². The number of hydrogen-bond acceptors (Lipinski definition) is 1. The predicted octanol–water partition coefficient (Wildman–Crippen LogP) is 17.6. The molecule has 0 radical (unpaired) electrons. The molecule has 1 nitrogen and oxygen atoms in total. The summed E-state index contributed by atoms with van der Waals surface area (Å²) in [5.74, 6) is -0.241. The minimum absolute atomic E-state index is 0.0377.